The van der Waals surface area contributed by atoms with E-state index in [1.165, 1.54) is 5.56 Å². The number of alkyl halides is 3. The second kappa shape index (κ2) is 14.9. The van der Waals surface area contributed by atoms with E-state index in [9.17, 15) is 31.9 Å². The van der Waals surface area contributed by atoms with Crippen molar-refractivity contribution in [2.45, 2.75) is 50.7 Å². The molecule has 4 rings (SSSR count). The highest BCUT2D eigenvalue weighted by Gasteiger charge is 2.31. The second-order valence-corrected chi connectivity index (χ2v) is 10.2. The van der Waals surface area contributed by atoms with E-state index in [-0.39, 0.29) is 31.3 Å². The van der Waals surface area contributed by atoms with Crippen LogP contribution < -0.4 is 15.4 Å². The lowest BCUT2D eigenvalue weighted by molar-refractivity contribution is -0.139. The number of fused-ring (bicyclic) bond motifs is 1. The van der Waals surface area contributed by atoms with Gasteiger partial charge in [0.15, 0.2) is 0 Å². The summed E-state index contributed by atoms with van der Waals surface area (Å²) in [7, 11) is 0. The third kappa shape index (κ3) is 10.0. The van der Waals surface area contributed by atoms with Crippen LogP contribution in [0.2, 0.25) is 0 Å². The van der Waals surface area contributed by atoms with Gasteiger partial charge in [-0.05, 0) is 56.7 Å². The number of carboxylic acid groups (broad SMARTS) is 1. The van der Waals surface area contributed by atoms with Crippen LogP contribution in [-0.4, -0.2) is 69.8 Å². The van der Waals surface area contributed by atoms with E-state index in [1.807, 2.05) is 11.0 Å². The highest BCUT2D eigenvalue weighted by Crippen LogP contribution is 2.28. The van der Waals surface area contributed by atoms with E-state index >= 15 is 0 Å². The van der Waals surface area contributed by atoms with Gasteiger partial charge in [-0.15, -0.1) is 0 Å². The van der Waals surface area contributed by atoms with Gasteiger partial charge in [0.05, 0.1) is 5.56 Å². The Balaban J connectivity index is 1.33. The Labute approximate surface area is 245 Å². The molecule has 0 saturated carbocycles. The van der Waals surface area contributed by atoms with Crippen LogP contribution in [0.3, 0.4) is 0 Å². The Kier molecular flexibility index (Phi) is 11.0. The van der Waals surface area contributed by atoms with Crippen molar-refractivity contribution in [2.75, 3.05) is 43.4 Å². The number of hydrogen-bond acceptors (Lipinski definition) is 8. The van der Waals surface area contributed by atoms with Gasteiger partial charge in [0, 0.05) is 55.9 Å². The van der Waals surface area contributed by atoms with Crippen molar-refractivity contribution in [3.63, 3.8) is 0 Å². The summed E-state index contributed by atoms with van der Waals surface area (Å²) in [6.45, 7) is 2.19. The molecule has 232 valence electrons. The largest absolute Gasteiger partial charge is 0.492 e. The molecule has 3 N–H and O–H groups in total. The topological polar surface area (TPSA) is 112 Å². The van der Waals surface area contributed by atoms with Crippen molar-refractivity contribution in [3.05, 3.63) is 71.2 Å². The van der Waals surface area contributed by atoms with Gasteiger partial charge < -0.3 is 20.5 Å². The van der Waals surface area contributed by atoms with Crippen LogP contribution >= 0.6 is 0 Å². The molecule has 3 aromatic rings. The molecule has 14 heteroatoms. The summed E-state index contributed by atoms with van der Waals surface area (Å²) >= 11 is 0. The zero-order valence-electron chi connectivity index (χ0n) is 23.3. The van der Waals surface area contributed by atoms with Crippen molar-refractivity contribution in [1.29, 1.82) is 0 Å². The summed E-state index contributed by atoms with van der Waals surface area (Å²) < 4.78 is 71.0. The number of carboxylic acids is 1. The number of hydrogen-bond donors (Lipinski definition) is 3. The molecule has 0 fully saturated rings. The Morgan fingerprint density at radius 2 is 1.81 bits per heavy atom. The molecule has 0 amide bonds. The van der Waals surface area contributed by atoms with Crippen molar-refractivity contribution in [1.82, 2.24) is 19.9 Å². The van der Waals surface area contributed by atoms with Gasteiger partial charge in [-0.1, -0.05) is 6.07 Å². The molecule has 0 bridgehead atoms. The quantitative estimate of drug-likeness (QED) is 0.159. The number of anilines is 2. The van der Waals surface area contributed by atoms with Gasteiger partial charge in [-0.3, -0.25) is 4.90 Å². The molecule has 0 radical (unpaired) electrons. The molecule has 9 nitrogen and oxygen atoms in total. The van der Waals surface area contributed by atoms with Crippen LogP contribution in [0.25, 0.3) is 0 Å². The SMILES string of the molecule is O=C(O)C(CCN(CCCCc1ccc2c(n1)NCCC2)CCOc1cc(F)cc(F)c1)Nc1ncc(C(F)(F)F)cn1. The highest BCUT2D eigenvalue weighted by atomic mass is 19.4. The molecular weight excluding hydrogens is 575 g/mol. The minimum Gasteiger partial charge on any atom is -0.492 e. The zero-order chi connectivity index (χ0) is 30.8. The maximum absolute atomic E-state index is 13.5. The first-order valence-corrected chi connectivity index (χ1v) is 14.0. The van der Waals surface area contributed by atoms with Gasteiger partial charge in [-0.2, -0.15) is 13.2 Å². The van der Waals surface area contributed by atoms with E-state index in [4.69, 9.17) is 9.72 Å². The smallest absolute Gasteiger partial charge is 0.419 e. The summed E-state index contributed by atoms with van der Waals surface area (Å²) in [6, 6.07) is 5.84. The number of aryl methyl sites for hydroxylation is 2. The summed E-state index contributed by atoms with van der Waals surface area (Å²) in [5, 5.41) is 15.6. The Hall–Kier alpha value is -4.07. The van der Waals surface area contributed by atoms with Gasteiger partial charge in [0.2, 0.25) is 5.95 Å². The first-order chi connectivity index (χ1) is 20.6. The fourth-order valence-corrected chi connectivity index (χ4v) is 4.66. The number of aliphatic carboxylic acids is 1. The van der Waals surface area contributed by atoms with Gasteiger partial charge in [0.25, 0.3) is 0 Å². The molecule has 1 aliphatic heterocycles. The molecule has 1 aromatic carbocycles. The number of nitrogens with zero attached hydrogens (tertiary/aromatic N) is 4. The number of halogens is 5. The number of carbonyl (C=O) groups is 1. The van der Waals surface area contributed by atoms with Crippen molar-refractivity contribution in [2.24, 2.45) is 0 Å². The highest BCUT2D eigenvalue weighted by molar-refractivity contribution is 5.76. The van der Waals surface area contributed by atoms with Crippen molar-refractivity contribution in [3.8, 4) is 5.75 Å². The second-order valence-electron chi connectivity index (χ2n) is 10.2. The number of unbranched alkanes of at least 4 members (excludes halogenated alkanes) is 1. The van der Waals surface area contributed by atoms with E-state index in [2.05, 4.69) is 26.7 Å². The number of pyridine rings is 1. The van der Waals surface area contributed by atoms with Crippen LogP contribution in [0.15, 0.2) is 42.7 Å². The average Bonchev–Trinajstić information content (AvgIpc) is 2.96. The Morgan fingerprint density at radius 1 is 1.07 bits per heavy atom. The van der Waals surface area contributed by atoms with E-state index in [1.54, 1.807) is 0 Å². The minimum absolute atomic E-state index is 0.0362. The average molecular weight is 609 g/mol. The summed E-state index contributed by atoms with van der Waals surface area (Å²) in [6.07, 6.45) is 1.05. The predicted molar refractivity (Wildman–Crippen MR) is 149 cm³/mol. The lowest BCUT2D eigenvalue weighted by Crippen LogP contribution is -2.37. The van der Waals surface area contributed by atoms with Crippen LogP contribution in [0.1, 0.15) is 42.5 Å². The molecule has 0 spiro atoms. The van der Waals surface area contributed by atoms with Crippen LogP contribution in [0.4, 0.5) is 33.7 Å². The maximum Gasteiger partial charge on any atom is 0.419 e. The molecule has 0 aliphatic carbocycles. The molecule has 3 heterocycles. The predicted octanol–water partition coefficient (Wildman–Crippen LogP) is 5.19. The van der Waals surface area contributed by atoms with Gasteiger partial charge in [-0.25, -0.2) is 28.5 Å². The monoisotopic (exact) mass is 608 g/mol. The first-order valence-electron chi connectivity index (χ1n) is 14.0. The zero-order valence-corrected chi connectivity index (χ0v) is 23.3. The van der Waals surface area contributed by atoms with Crippen LogP contribution in [0, 0.1) is 11.6 Å². The lowest BCUT2D eigenvalue weighted by atomic mass is 10.1. The van der Waals surface area contributed by atoms with E-state index in [0.29, 0.717) is 25.5 Å². The molecule has 1 unspecified atom stereocenters. The molecule has 1 aliphatic rings. The fourth-order valence-electron chi connectivity index (χ4n) is 4.66. The third-order valence-corrected chi connectivity index (χ3v) is 6.94. The normalized spacial score (nSPS) is 13.7. The maximum atomic E-state index is 13.5. The molecule has 0 saturated heterocycles. The summed E-state index contributed by atoms with van der Waals surface area (Å²) in [4.78, 5) is 25.8. The fraction of sp³-hybridized carbons (Fsp3) is 0.448. The Bertz CT molecular complexity index is 1340. The summed E-state index contributed by atoms with van der Waals surface area (Å²) in [5.74, 6) is -2.02. The number of nitrogens with one attached hydrogen (secondary N) is 2. The molecule has 43 heavy (non-hydrogen) atoms. The van der Waals surface area contributed by atoms with Crippen LogP contribution in [-0.2, 0) is 23.8 Å². The molecule has 2 aromatic heterocycles. The van der Waals surface area contributed by atoms with Gasteiger partial charge in [0.1, 0.15) is 35.9 Å². The standard InChI is InChI=1S/C29H33F5N6O3/c30-21-14-22(31)16-24(15-21)43-13-12-40(10-2-1-5-23-7-6-19-4-3-9-35-26(19)38-23)11-8-25(27(41)42)39-28-36-17-20(18-37-28)29(32,33)34/h6-7,14-18,25H,1-5,8-13H2,(H,35,38)(H,41,42)(H,36,37,39). The van der Waals surface area contributed by atoms with Crippen molar-refractivity contribution < 1.29 is 36.6 Å². The van der Waals surface area contributed by atoms with Crippen molar-refractivity contribution >= 4 is 17.7 Å². The van der Waals surface area contributed by atoms with E-state index < -0.39 is 35.4 Å². The number of benzene rings is 1. The molecular formula is C29H33F5N6O3. The number of aromatic nitrogens is 3. The first kappa shape index (κ1) is 31.9. The van der Waals surface area contributed by atoms with E-state index in [0.717, 1.165) is 68.4 Å². The Morgan fingerprint density at radius 3 is 2.51 bits per heavy atom. The lowest BCUT2D eigenvalue weighted by Gasteiger charge is -2.24. The summed E-state index contributed by atoms with van der Waals surface area (Å²) in [5.41, 5.74) is 1.14. The number of ether oxygens (including phenoxy) is 1. The minimum atomic E-state index is -4.61. The van der Waals surface area contributed by atoms with Gasteiger partial charge >= 0.3 is 12.1 Å². The van der Waals surface area contributed by atoms with Crippen LogP contribution in [0.5, 0.6) is 5.75 Å². The number of rotatable bonds is 15. The molecule has 1 atom stereocenters. The third-order valence-electron chi connectivity index (χ3n) is 6.94.